The average Bonchev–Trinajstić information content (AvgIpc) is 2.28. The van der Waals surface area contributed by atoms with Crippen molar-refractivity contribution in [1.82, 2.24) is 4.98 Å². The number of benzene rings is 2. The van der Waals surface area contributed by atoms with Crippen LogP contribution in [0.1, 0.15) is 0 Å². The van der Waals surface area contributed by atoms with E-state index in [1.54, 1.807) is 0 Å². The maximum absolute atomic E-state index is 6.10. The number of pyridine rings is 1. The van der Waals surface area contributed by atoms with Crippen LogP contribution in [-0.4, -0.2) is 4.98 Å². The van der Waals surface area contributed by atoms with Crippen molar-refractivity contribution in [3.8, 4) is 0 Å². The summed E-state index contributed by atoms with van der Waals surface area (Å²) in [5.41, 5.74) is 1.59. The predicted molar refractivity (Wildman–Crippen MR) is 69.3 cm³/mol. The lowest BCUT2D eigenvalue weighted by Crippen LogP contribution is -1.84. The maximum Gasteiger partial charge on any atom is 0.0896 e. The summed E-state index contributed by atoms with van der Waals surface area (Å²) >= 11 is 12.2. The zero-order valence-corrected chi connectivity index (χ0v) is 9.76. The predicted octanol–water partition coefficient (Wildman–Crippen LogP) is 4.69. The molecule has 0 aliphatic rings. The largest absolute Gasteiger partial charge is 0.245 e. The van der Waals surface area contributed by atoms with Crippen molar-refractivity contribution >= 4 is 45.0 Å². The molecule has 0 amide bonds. The van der Waals surface area contributed by atoms with Gasteiger partial charge in [-0.2, -0.15) is 0 Å². The van der Waals surface area contributed by atoms with Crippen molar-refractivity contribution < 1.29 is 0 Å². The van der Waals surface area contributed by atoms with Crippen LogP contribution in [0.15, 0.2) is 42.5 Å². The summed E-state index contributed by atoms with van der Waals surface area (Å²) < 4.78 is 0. The highest BCUT2D eigenvalue weighted by Crippen LogP contribution is 2.28. The van der Waals surface area contributed by atoms with Crippen molar-refractivity contribution in [2.75, 3.05) is 0 Å². The van der Waals surface area contributed by atoms with Crippen LogP contribution in [0.2, 0.25) is 10.0 Å². The van der Waals surface area contributed by atoms with Gasteiger partial charge >= 0.3 is 0 Å². The lowest BCUT2D eigenvalue weighted by molar-refractivity contribution is 1.50. The van der Waals surface area contributed by atoms with Gasteiger partial charge in [-0.15, -0.1) is 0 Å². The molecule has 2 aromatic carbocycles. The van der Waals surface area contributed by atoms with Gasteiger partial charge in [-0.05, 0) is 18.2 Å². The first-order valence-corrected chi connectivity index (χ1v) is 5.65. The highest BCUT2D eigenvalue weighted by atomic mass is 35.5. The molecular formula is C13H7Cl2N. The Balaban J connectivity index is 2.55. The first kappa shape index (κ1) is 9.88. The van der Waals surface area contributed by atoms with Crippen molar-refractivity contribution in [2.24, 2.45) is 0 Å². The summed E-state index contributed by atoms with van der Waals surface area (Å²) in [4.78, 5) is 4.51. The molecule has 78 valence electrons. The monoisotopic (exact) mass is 247 g/mol. The van der Waals surface area contributed by atoms with E-state index in [9.17, 15) is 0 Å². The summed E-state index contributed by atoms with van der Waals surface area (Å²) in [5, 5.41) is 3.36. The van der Waals surface area contributed by atoms with Crippen molar-refractivity contribution in [3.63, 3.8) is 0 Å². The molecule has 0 unspecified atom stereocenters. The van der Waals surface area contributed by atoms with E-state index in [2.05, 4.69) is 11.1 Å². The highest BCUT2D eigenvalue weighted by Gasteiger charge is 2.05. The lowest BCUT2D eigenvalue weighted by atomic mass is 10.1. The molecule has 3 heteroatoms. The second-order valence-corrected chi connectivity index (χ2v) is 4.43. The molecule has 3 aromatic rings. The third-order valence-corrected chi connectivity index (χ3v) is 3.18. The molecule has 16 heavy (non-hydrogen) atoms. The van der Waals surface area contributed by atoms with Crippen LogP contribution in [0.3, 0.4) is 0 Å². The standard InChI is InChI=1S/C13H7Cl2N/c14-10-5-1-3-8-7-9-4-2-6-11(15)13(9)16-12(8)10/h1-7H. The van der Waals surface area contributed by atoms with Crippen LogP contribution >= 0.6 is 23.2 Å². The normalized spacial score (nSPS) is 11.1. The molecule has 1 heterocycles. The lowest BCUT2D eigenvalue weighted by Gasteiger charge is -2.04. The third-order valence-electron chi connectivity index (χ3n) is 2.57. The Morgan fingerprint density at radius 1 is 0.750 bits per heavy atom. The fourth-order valence-electron chi connectivity index (χ4n) is 1.81. The molecule has 0 aliphatic carbocycles. The van der Waals surface area contributed by atoms with E-state index in [1.165, 1.54) is 0 Å². The molecule has 0 saturated carbocycles. The molecule has 0 saturated heterocycles. The van der Waals surface area contributed by atoms with Gasteiger partial charge in [0.15, 0.2) is 0 Å². The van der Waals surface area contributed by atoms with Crippen LogP contribution in [-0.2, 0) is 0 Å². The van der Waals surface area contributed by atoms with Crippen molar-refractivity contribution in [2.45, 2.75) is 0 Å². The number of hydrogen-bond donors (Lipinski definition) is 0. The first-order valence-electron chi connectivity index (χ1n) is 4.89. The van der Waals surface area contributed by atoms with Gasteiger partial charge in [0.1, 0.15) is 0 Å². The average molecular weight is 248 g/mol. The molecular weight excluding hydrogens is 241 g/mol. The van der Waals surface area contributed by atoms with Gasteiger partial charge in [-0.1, -0.05) is 47.5 Å². The summed E-state index contributed by atoms with van der Waals surface area (Å²) in [6, 6.07) is 13.5. The molecule has 0 radical (unpaired) electrons. The van der Waals surface area contributed by atoms with Crippen LogP contribution in [0.4, 0.5) is 0 Å². The zero-order chi connectivity index (χ0) is 11.1. The summed E-state index contributed by atoms with van der Waals surface area (Å²) in [6.07, 6.45) is 0. The Labute approximate surface area is 103 Å². The van der Waals surface area contributed by atoms with E-state index in [1.807, 2.05) is 36.4 Å². The van der Waals surface area contributed by atoms with Crippen molar-refractivity contribution in [3.05, 3.63) is 52.5 Å². The summed E-state index contributed by atoms with van der Waals surface area (Å²) in [6.45, 7) is 0. The van der Waals surface area contributed by atoms with E-state index in [-0.39, 0.29) is 0 Å². The molecule has 1 aromatic heterocycles. The van der Waals surface area contributed by atoms with Gasteiger partial charge in [0, 0.05) is 10.8 Å². The maximum atomic E-state index is 6.10. The first-order chi connectivity index (χ1) is 7.75. The van der Waals surface area contributed by atoms with Crippen LogP contribution in [0.25, 0.3) is 21.8 Å². The van der Waals surface area contributed by atoms with E-state index in [4.69, 9.17) is 23.2 Å². The van der Waals surface area contributed by atoms with Crippen LogP contribution in [0.5, 0.6) is 0 Å². The fourth-order valence-corrected chi connectivity index (χ4v) is 2.26. The minimum absolute atomic E-state index is 0.652. The van der Waals surface area contributed by atoms with Crippen molar-refractivity contribution in [1.29, 1.82) is 0 Å². The molecule has 0 bridgehead atoms. The van der Waals surface area contributed by atoms with Gasteiger partial charge in [0.05, 0.1) is 21.1 Å². The number of fused-ring (bicyclic) bond motifs is 2. The number of nitrogens with zero attached hydrogens (tertiary/aromatic N) is 1. The molecule has 0 aliphatic heterocycles. The number of hydrogen-bond acceptors (Lipinski definition) is 1. The molecule has 1 nitrogen and oxygen atoms in total. The molecule has 0 fully saturated rings. The molecule has 0 N–H and O–H groups in total. The highest BCUT2D eigenvalue weighted by molar-refractivity contribution is 6.36. The summed E-state index contributed by atoms with van der Waals surface area (Å²) in [7, 11) is 0. The zero-order valence-electron chi connectivity index (χ0n) is 8.24. The van der Waals surface area contributed by atoms with Gasteiger partial charge in [-0.3, -0.25) is 0 Å². The summed E-state index contributed by atoms with van der Waals surface area (Å²) in [5.74, 6) is 0. The second kappa shape index (κ2) is 3.62. The third kappa shape index (κ3) is 1.44. The van der Waals surface area contributed by atoms with Gasteiger partial charge < -0.3 is 0 Å². The Morgan fingerprint density at radius 3 is 1.75 bits per heavy atom. The number of para-hydroxylation sites is 2. The van der Waals surface area contributed by atoms with Crippen LogP contribution < -0.4 is 0 Å². The van der Waals surface area contributed by atoms with E-state index in [0.717, 1.165) is 21.8 Å². The fraction of sp³-hybridized carbons (Fsp3) is 0. The van der Waals surface area contributed by atoms with E-state index >= 15 is 0 Å². The van der Waals surface area contributed by atoms with E-state index < -0.39 is 0 Å². The smallest absolute Gasteiger partial charge is 0.0896 e. The molecule has 0 atom stereocenters. The van der Waals surface area contributed by atoms with Gasteiger partial charge in [0.2, 0.25) is 0 Å². The number of aromatic nitrogens is 1. The Morgan fingerprint density at radius 2 is 1.25 bits per heavy atom. The number of halogens is 2. The molecule has 0 spiro atoms. The molecule has 3 rings (SSSR count). The number of rotatable bonds is 0. The van der Waals surface area contributed by atoms with Gasteiger partial charge in [0.25, 0.3) is 0 Å². The van der Waals surface area contributed by atoms with Gasteiger partial charge in [-0.25, -0.2) is 4.98 Å². The topological polar surface area (TPSA) is 12.9 Å². The minimum Gasteiger partial charge on any atom is -0.245 e. The second-order valence-electron chi connectivity index (χ2n) is 3.61. The van der Waals surface area contributed by atoms with E-state index in [0.29, 0.717) is 10.0 Å². The minimum atomic E-state index is 0.652. The van der Waals surface area contributed by atoms with Crippen LogP contribution in [0, 0.1) is 0 Å². The quantitative estimate of drug-likeness (QED) is 0.525. The Bertz CT molecular complexity index is 635. The Hall–Kier alpha value is -1.31. The Kier molecular flexibility index (Phi) is 2.23. The SMILES string of the molecule is Clc1cccc2cc3cccc(Cl)c3nc12.